The molecule has 18 heavy (non-hydrogen) atoms. The second-order valence-electron chi connectivity index (χ2n) is 4.27. The molecule has 1 aromatic carbocycles. The quantitative estimate of drug-likeness (QED) is 0.922. The van der Waals surface area contributed by atoms with Gasteiger partial charge in [0.1, 0.15) is 0 Å². The van der Waals surface area contributed by atoms with Gasteiger partial charge in [-0.05, 0) is 36.6 Å². The predicted octanol–water partition coefficient (Wildman–Crippen LogP) is 2.59. The minimum absolute atomic E-state index is 0.488. The van der Waals surface area contributed by atoms with Gasteiger partial charge >= 0.3 is 0 Å². The second kappa shape index (κ2) is 5.31. The van der Waals surface area contributed by atoms with Gasteiger partial charge in [0.05, 0.1) is 33.3 Å². The summed E-state index contributed by atoms with van der Waals surface area (Å²) in [5.41, 5.74) is 9.74. The van der Waals surface area contributed by atoms with Crippen molar-refractivity contribution in [2.24, 2.45) is 0 Å². The highest BCUT2D eigenvalue weighted by molar-refractivity contribution is 7.84. The van der Waals surface area contributed by atoms with Gasteiger partial charge in [0.2, 0.25) is 0 Å². The molecule has 0 amide bonds. The Balaban J connectivity index is 2.30. The topological polar surface area (TPSA) is 56.0 Å². The number of nitrogens with zero attached hydrogens (tertiary/aromatic N) is 1. The molecule has 0 bridgehead atoms. The number of benzene rings is 1. The lowest BCUT2D eigenvalue weighted by molar-refractivity contribution is 0.682. The van der Waals surface area contributed by atoms with Crippen molar-refractivity contribution in [3.05, 3.63) is 53.3 Å². The van der Waals surface area contributed by atoms with E-state index in [4.69, 9.17) is 5.73 Å². The molecule has 1 unspecified atom stereocenters. The number of pyridine rings is 1. The molecule has 0 saturated carbocycles. The summed E-state index contributed by atoms with van der Waals surface area (Å²) in [5, 5.41) is 0. The molecule has 0 spiro atoms. The number of hydrogen-bond acceptors (Lipinski definition) is 3. The molecule has 2 N–H and O–H groups in total. The van der Waals surface area contributed by atoms with Crippen LogP contribution in [-0.4, -0.2) is 9.19 Å². The monoisotopic (exact) mass is 260 g/mol. The van der Waals surface area contributed by atoms with Gasteiger partial charge in [-0.3, -0.25) is 9.19 Å². The molecule has 0 aliphatic heterocycles. The summed E-state index contributed by atoms with van der Waals surface area (Å²) in [7, 11) is -1.13. The Morgan fingerprint density at radius 1 is 1.22 bits per heavy atom. The van der Waals surface area contributed by atoms with Gasteiger partial charge in [-0.2, -0.15) is 0 Å². The Hall–Kier alpha value is -1.68. The molecule has 1 aromatic heterocycles. The summed E-state index contributed by atoms with van der Waals surface area (Å²) in [6.07, 6.45) is 3.16. The zero-order valence-corrected chi connectivity index (χ0v) is 11.3. The highest BCUT2D eigenvalue weighted by atomic mass is 32.2. The minimum atomic E-state index is -1.13. The lowest BCUT2D eigenvalue weighted by Gasteiger charge is -2.10. The fraction of sp³-hybridized carbons (Fsp3) is 0.214. The van der Waals surface area contributed by atoms with E-state index in [0.717, 1.165) is 16.7 Å². The third kappa shape index (κ3) is 2.59. The number of aromatic nitrogens is 1. The van der Waals surface area contributed by atoms with Crippen LogP contribution in [0.1, 0.15) is 16.7 Å². The van der Waals surface area contributed by atoms with Gasteiger partial charge in [0, 0.05) is 6.20 Å². The van der Waals surface area contributed by atoms with Crippen molar-refractivity contribution >= 4 is 16.5 Å². The number of aryl methyl sites for hydroxylation is 2. The third-order valence-electron chi connectivity index (χ3n) is 2.98. The van der Waals surface area contributed by atoms with Crippen molar-refractivity contribution in [3.8, 4) is 0 Å². The fourth-order valence-electron chi connectivity index (χ4n) is 1.89. The van der Waals surface area contributed by atoms with E-state index in [1.54, 1.807) is 12.3 Å². The van der Waals surface area contributed by atoms with E-state index in [0.29, 0.717) is 16.3 Å². The SMILES string of the molecule is Cc1cccc(C)c1CS(=O)c1ccncc1N. The van der Waals surface area contributed by atoms with E-state index in [1.165, 1.54) is 6.20 Å². The zero-order valence-electron chi connectivity index (χ0n) is 10.5. The van der Waals surface area contributed by atoms with Gasteiger partial charge < -0.3 is 5.73 Å². The van der Waals surface area contributed by atoms with Crippen molar-refractivity contribution in [1.82, 2.24) is 4.98 Å². The summed E-state index contributed by atoms with van der Waals surface area (Å²) >= 11 is 0. The van der Waals surface area contributed by atoms with Crippen LogP contribution in [0.4, 0.5) is 5.69 Å². The van der Waals surface area contributed by atoms with Gasteiger partial charge in [-0.1, -0.05) is 18.2 Å². The molecule has 0 fully saturated rings. The number of rotatable bonds is 3. The first-order chi connectivity index (χ1) is 8.59. The molecule has 0 saturated heterocycles. The van der Waals surface area contributed by atoms with Crippen LogP contribution in [-0.2, 0) is 16.6 Å². The fourth-order valence-corrected chi connectivity index (χ4v) is 3.29. The smallest absolute Gasteiger partial charge is 0.0664 e. The first-order valence-corrected chi connectivity index (χ1v) is 7.04. The highest BCUT2D eigenvalue weighted by Crippen LogP contribution is 2.21. The largest absolute Gasteiger partial charge is 0.396 e. The molecule has 2 aromatic rings. The molecule has 0 aliphatic carbocycles. The van der Waals surface area contributed by atoms with Crippen molar-refractivity contribution in [3.63, 3.8) is 0 Å². The van der Waals surface area contributed by atoms with Crippen LogP contribution in [0, 0.1) is 13.8 Å². The summed E-state index contributed by atoms with van der Waals surface area (Å²) in [6, 6.07) is 7.81. The van der Waals surface area contributed by atoms with Gasteiger partial charge in [-0.25, -0.2) is 0 Å². The van der Waals surface area contributed by atoms with Crippen LogP contribution in [0.15, 0.2) is 41.6 Å². The number of anilines is 1. The van der Waals surface area contributed by atoms with Crippen molar-refractivity contribution in [2.75, 3.05) is 5.73 Å². The van der Waals surface area contributed by atoms with Gasteiger partial charge in [0.15, 0.2) is 0 Å². The van der Waals surface area contributed by atoms with E-state index < -0.39 is 10.8 Å². The average Bonchev–Trinajstić information content (AvgIpc) is 2.34. The number of hydrogen-bond donors (Lipinski definition) is 1. The molecule has 0 aliphatic rings. The van der Waals surface area contributed by atoms with Crippen molar-refractivity contribution in [2.45, 2.75) is 24.5 Å². The average molecular weight is 260 g/mol. The van der Waals surface area contributed by atoms with Crippen LogP contribution in [0.3, 0.4) is 0 Å². The molecule has 1 heterocycles. The maximum atomic E-state index is 12.3. The van der Waals surface area contributed by atoms with E-state index in [2.05, 4.69) is 4.98 Å². The maximum absolute atomic E-state index is 12.3. The second-order valence-corrected chi connectivity index (χ2v) is 5.69. The Kier molecular flexibility index (Phi) is 3.77. The minimum Gasteiger partial charge on any atom is -0.396 e. The molecular weight excluding hydrogens is 244 g/mol. The van der Waals surface area contributed by atoms with E-state index in [9.17, 15) is 4.21 Å². The van der Waals surface area contributed by atoms with Crippen molar-refractivity contribution < 1.29 is 4.21 Å². The summed E-state index contributed by atoms with van der Waals surface area (Å²) in [6.45, 7) is 4.07. The molecule has 2 rings (SSSR count). The van der Waals surface area contributed by atoms with Gasteiger partial charge in [0.25, 0.3) is 0 Å². The van der Waals surface area contributed by atoms with E-state index in [1.807, 2.05) is 32.0 Å². The first kappa shape index (κ1) is 12.8. The van der Waals surface area contributed by atoms with Crippen molar-refractivity contribution in [1.29, 1.82) is 0 Å². The molecule has 94 valence electrons. The molecular formula is C14H16N2OS. The molecule has 1 atom stereocenters. The third-order valence-corrected chi connectivity index (χ3v) is 4.39. The van der Waals surface area contributed by atoms with E-state index in [-0.39, 0.29) is 0 Å². The Bertz CT molecular complexity index is 576. The normalized spacial score (nSPS) is 12.3. The van der Waals surface area contributed by atoms with Crippen LogP contribution in [0.2, 0.25) is 0 Å². The number of nitrogen functional groups attached to an aromatic ring is 1. The number of nitrogens with two attached hydrogens (primary N) is 1. The maximum Gasteiger partial charge on any atom is 0.0664 e. The van der Waals surface area contributed by atoms with Crippen LogP contribution < -0.4 is 5.73 Å². The Morgan fingerprint density at radius 2 is 1.89 bits per heavy atom. The first-order valence-electron chi connectivity index (χ1n) is 5.72. The highest BCUT2D eigenvalue weighted by Gasteiger charge is 2.11. The van der Waals surface area contributed by atoms with Crippen LogP contribution in [0.5, 0.6) is 0 Å². The Labute approximate surface area is 110 Å². The Morgan fingerprint density at radius 3 is 2.50 bits per heavy atom. The van der Waals surface area contributed by atoms with Crippen LogP contribution in [0.25, 0.3) is 0 Å². The molecule has 4 heteroatoms. The molecule has 0 radical (unpaired) electrons. The van der Waals surface area contributed by atoms with E-state index >= 15 is 0 Å². The van der Waals surface area contributed by atoms with Gasteiger partial charge in [-0.15, -0.1) is 0 Å². The summed E-state index contributed by atoms with van der Waals surface area (Å²) in [4.78, 5) is 4.57. The standard InChI is InChI=1S/C14H16N2OS/c1-10-4-3-5-11(2)12(10)9-18(17)14-6-7-16-8-13(14)15/h3-8H,9,15H2,1-2H3. The summed E-state index contributed by atoms with van der Waals surface area (Å²) < 4.78 is 12.3. The zero-order chi connectivity index (χ0) is 13.1. The predicted molar refractivity (Wildman–Crippen MR) is 74.7 cm³/mol. The lowest BCUT2D eigenvalue weighted by Crippen LogP contribution is -2.03. The molecule has 3 nitrogen and oxygen atoms in total. The lowest BCUT2D eigenvalue weighted by atomic mass is 10.1. The van der Waals surface area contributed by atoms with Crippen LogP contribution >= 0.6 is 0 Å². The summed E-state index contributed by atoms with van der Waals surface area (Å²) in [5.74, 6) is 0.493.